The second-order valence-electron chi connectivity index (χ2n) is 9.41. The standard InChI is InChI=1S/C24H34ClN3O4S/c25-22-9-8-20(33(31,32)28-14-6-3-7-15-28)18-21(22)24(30)27-16-10-19(11-17-27)23(29)26-12-4-1-2-5-13-26/h8-9,18-19H,1-7,10-17H2. The van der Waals surface area contributed by atoms with Crippen LogP contribution in [0.15, 0.2) is 23.1 Å². The van der Waals surface area contributed by atoms with Crippen LogP contribution in [0.5, 0.6) is 0 Å². The summed E-state index contributed by atoms with van der Waals surface area (Å²) in [5, 5.41) is 0.250. The SMILES string of the molecule is O=C(c1cc(S(=O)(=O)N2CCCCC2)ccc1Cl)N1CCC(C(=O)N2CCCCCC2)CC1. The molecule has 0 saturated carbocycles. The van der Waals surface area contributed by atoms with Gasteiger partial charge in [0.15, 0.2) is 0 Å². The molecule has 9 heteroatoms. The number of amides is 2. The number of sulfonamides is 1. The van der Waals surface area contributed by atoms with Crippen molar-refractivity contribution in [1.29, 1.82) is 0 Å². The first kappa shape index (κ1) is 24.5. The average Bonchev–Trinajstić information content (AvgIpc) is 3.14. The molecule has 0 aromatic heterocycles. The first-order valence-corrected chi connectivity index (χ1v) is 14.1. The molecule has 1 aromatic rings. The van der Waals surface area contributed by atoms with Crippen molar-refractivity contribution in [3.63, 3.8) is 0 Å². The summed E-state index contributed by atoms with van der Waals surface area (Å²) in [5.74, 6) is -0.0959. The van der Waals surface area contributed by atoms with Gasteiger partial charge in [-0.05, 0) is 56.7 Å². The molecule has 3 aliphatic rings. The van der Waals surface area contributed by atoms with Crippen LogP contribution in [-0.4, -0.2) is 73.6 Å². The van der Waals surface area contributed by atoms with Gasteiger partial charge in [-0.1, -0.05) is 30.9 Å². The van der Waals surface area contributed by atoms with E-state index in [9.17, 15) is 18.0 Å². The number of hydrogen-bond donors (Lipinski definition) is 0. The molecule has 0 aliphatic carbocycles. The van der Waals surface area contributed by atoms with E-state index in [0.29, 0.717) is 39.0 Å². The Morgan fingerprint density at radius 1 is 0.788 bits per heavy atom. The predicted octanol–water partition coefficient (Wildman–Crippen LogP) is 3.77. The second-order valence-corrected chi connectivity index (χ2v) is 11.8. The van der Waals surface area contributed by atoms with Crippen LogP contribution in [-0.2, 0) is 14.8 Å². The van der Waals surface area contributed by atoms with E-state index in [1.807, 2.05) is 4.90 Å². The Morgan fingerprint density at radius 3 is 2.00 bits per heavy atom. The Bertz CT molecular complexity index is 962. The van der Waals surface area contributed by atoms with Gasteiger partial charge in [0.2, 0.25) is 15.9 Å². The molecule has 0 atom stereocenters. The molecule has 3 heterocycles. The number of likely N-dealkylation sites (tertiary alicyclic amines) is 2. The summed E-state index contributed by atoms with van der Waals surface area (Å²) in [7, 11) is -3.65. The van der Waals surface area contributed by atoms with E-state index in [-0.39, 0.29) is 33.2 Å². The van der Waals surface area contributed by atoms with Gasteiger partial charge in [-0.15, -0.1) is 0 Å². The predicted molar refractivity (Wildman–Crippen MR) is 128 cm³/mol. The number of benzene rings is 1. The molecule has 0 unspecified atom stereocenters. The highest BCUT2D eigenvalue weighted by molar-refractivity contribution is 7.89. The fraction of sp³-hybridized carbons (Fsp3) is 0.667. The van der Waals surface area contributed by atoms with Crippen LogP contribution in [0.4, 0.5) is 0 Å². The van der Waals surface area contributed by atoms with Crippen molar-refractivity contribution in [1.82, 2.24) is 14.1 Å². The zero-order valence-corrected chi connectivity index (χ0v) is 20.7. The maximum atomic E-state index is 13.2. The van der Waals surface area contributed by atoms with E-state index in [0.717, 1.165) is 45.2 Å². The molecule has 3 fully saturated rings. The molecule has 33 heavy (non-hydrogen) atoms. The summed E-state index contributed by atoms with van der Waals surface area (Å²) in [6.07, 6.45) is 8.50. The minimum atomic E-state index is -3.65. The number of piperidine rings is 2. The van der Waals surface area contributed by atoms with E-state index in [1.54, 1.807) is 4.90 Å². The third kappa shape index (κ3) is 5.54. The lowest BCUT2D eigenvalue weighted by Gasteiger charge is -2.34. The number of hydrogen-bond acceptors (Lipinski definition) is 4. The van der Waals surface area contributed by atoms with Gasteiger partial charge >= 0.3 is 0 Å². The van der Waals surface area contributed by atoms with E-state index in [1.165, 1.54) is 35.3 Å². The number of carbonyl (C=O) groups is 2. The molecule has 3 aliphatic heterocycles. The minimum absolute atomic E-state index is 0.0477. The Hall–Kier alpha value is -1.64. The smallest absolute Gasteiger partial charge is 0.255 e. The lowest BCUT2D eigenvalue weighted by atomic mass is 9.94. The molecular weight excluding hydrogens is 462 g/mol. The van der Waals surface area contributed by atoms with Crippen molar-refractivity contribution < 1.29 is 18.0 Å². The third-order valence-electron chi connectivity index (χ3n) is 7.17. The lowest BCUT2D eigenvalue weighted by Crippen LogP contribution is -2.44. The third-order valence-corrected chi connectivity index (χ3v) is 9.39. The number of nitrogens with zero attached hydrogens (tertiary/aromatic N) is 3. The van der Waals surface area contributed by atoms with Crippen molar-refractivity contribution in [2.24, 2.45) is 5.92 Å². The van der Waals surface area contributed by atoms with Crippen molar-refractivity contribution in [3.05, 3.63) is 28.8 Å². The number of rotatable bonds is 4. The van der Waals surface area contributed by atoms with Gasteiger partial charge < -0.3 is 9.80 Å². The molecule has 0 radical (unpaired) electrons. The van der Waals surface area contributed by atoms with Crippen molar-refractivity contribution in [2.45, 2.75) is 62.7 Å². The van der Waals surface area contributed by atoms with Crippen molar-refractivity contribution >= 4 is 33.4 Å². The highest BCUT2D eigenvalue weighted by Gasteiger charge is 2.32. The first-order valence-electron chi connectivity index (χ1n) is 12.3. The van der Waals surface area contributed by atoms with E-state index in [2.05, 4.69) is 0 Å². The molecule has 0 spiro atoms. The Labute approximate surface area is 202 Å². The second kappa shape index (κ2) is 10.7. The average molecular weight is 496 g/mol. The maximum absolute atomic E-state index is 13.2. The van der Waals surface area contributed by atoms with Crippen LogP contribution in [0.3, 0.4) is 0 Å². The topological polar surface area (TPSA) is 78.0 Å². The zero-order valence-electron chi connectivity index (χ0n) is 19.2. The summed E-state index contributed by atoms with van der Waals surface area (Å²) in [5.41, 5.74) is 0.215. The normalized spacial score (nSPS) is 21.6. The zero-order chi connectivity index (χ0) is 23.4. The van der Waals surface area contributed by atoms with Gasteiger partial charge in [0.1, 0.15) is 0 Å². The van der Waals surface area contributed by atoms with Gasteiger partial charge in [-0.2, -0.15) is 4.31 Å². The van der Waals surface area contributed by atoms with Crippen LogP contribution in [0.25, 0.3) is 0 Å². The quantitative estimate of drug-likeness (QED) is 0.637. The molecule has 7 nitrogen and oxygen atoms in total. The summed E-state index contributed by atoms with van der Waals surface area (Å²) in [4.78, 5) is 30.0. The van der Waals surface area contributed by atoms with E-state index < -0.39 is 10.0 Å². The van der Waals surface area contributed by atoms with E-state index >= 15 is 0 Å². The molecular formula is C24H34ClN3O4S. The maximum Gasteiger partial charge on any atom is 0.255 e. The van der Waals surface area contributed by atoms with Gasteiger partial charge in [0.05, 0.1) is 15.5 Å². The summed E-state index contributed by atoms with van der Waals surface area (Å²) in [6, 6.07) is 4.40. The van der Waals surface area contributed by atoms with Crippen LogP contribution in [0, 0.1) is 5.92 Å². The molecule has 3 saturated heterocycles. The number of halogens is 1. The van der Waals surface area contributed by atoms with Crippen molar-refractivity contribution in [3.8, 4) is 0 Å². The molecule has 0 N–H and O–H groups in total. The van der Waals surface area contributed by atoms with Gasteiger partial charge in [0, 0.05) is 45.2 Å². The highest BCUT2D eigenvalue weighted by atomic mass is 35.5. The van der Waals surface area contributed by atoms with Crippen LogP contribution in [0.2, 0.25) is 5.02 Å². The Morgan fingerprint density at radius 2 is 1.36 bits per heavy atom. The van der Waals surface area contributed by atoms with E-state index in [4.69, 9.17) is 11.6 Å². The number of carbonyl (C=O) groups excluding carboxylic acids is 2. The fourth-order valence-electron chi connectivity index (χ4n) is 5.13. The fourth-order valence-corrected chi connectivity index (χ4v) is 6.87. The molecule has 2 amide bonds. The van der Waals surface area contributed by atoms with Crippen LogP contribution >= 0.6 is 11.6 Å². The molecule has 0 bridgehead atoms. The monoisotopic (exact) mass is 495 g/mol. The first-order chi connectivity index (χ1) is 15.9. The van der Waals surface area contributed by atoms with Crippen LogP contribution in [0.1, 0.15) is 68.1 Å². The van der Waals surface area contributed by atoms with Gasteiger partial charge in [0.25, 0.3) is 5.91 Å². The minimum Gasteiger partial charge on any atom is -0.342 e. The molecule has 4 rings (SSSR count). The molecule has 1 aromatic carbocycles. The Balaban J connectivity index is 1.42. The largest absolute Gasteiger partial charge is 0.342 e. The summed E-state index contributed by atoms with van der Waals surface area (Å²) < 4.78 is 27.6. The highest BCUT2D eigenvalue weighted by Crippen LogP contribution is 2.28. The van der Waals surface area contributed by atoms with Gasteiger partial charge in [-0.25, -0.2) is 8.42 Å². The summed E-state index contributed by atoms with van der Waals surface area (Å²) >= 11 is 6.33. The van der Waals surface area contributed by atoms with Crippen LogP contribution < -0.4 is 0 Å². The van der Waals surface area contributed by atoms with Crippen molar-refractivity contribution in [2.75, 3.05) is 39.3 Å². The lowest BCUT2D eigenvalue weighted by molar-refractivity contribution is -0.136. The van der Waals surface area contributed by atoms with Gasteiger partial charge in [-0.3, -0.25) is 9.59 Å². The Kier molecular flexibility index (Phi) is 7.97. The summed E-state index contributed by atoms with van der Waals surface area (Å²) in [6.45, 7) is 3.64. The molecule has 182 valence electrons.